The fraction of sp³-hybridized carbons (Fsp3) is 0.235. The first-order valence-electron chi connectivity index (χ1n) is 7.64. The average molecular weight is 380 g/mol. The van der Waals surface area contributed by atoms with Gasteiger partial charge in [-0.15, -0.1) is 11.3 Å². The lowest BCUT2D eigenvalue weighted by atomic mass is 10.1. The van der Waals surface area contributed by atoms with E-state index >= 15 is 0 Å². The van der Waals surface area contributed by atoms with Crippen molar-refractivity contribution in [3.05, 3.63) is 51.9 Å². The van der Waals surface area contributed by atoms with Crippen LogP contribution in [0.25, 0.3) is 0 Å². The Morgan fingerprint density at radius 3 is 2.60 bits per heavy atom. The molecule has 4 N–H and O–H groups in total. The lowest BCUT2D eigenvalue weighted by Crippen LogP contribution is -2.27. The Balaban J connectivity index is 1.69. The Hall–Kier alpha value is -2.38. The summed E-state index contributed by atoms with van der Waals surface area (Å²) < 4.78 is 0. The van der Waals surface area contributed by atoms with E-state index < -0.39 is 5.91 Å². The van der Waals surface area contributed by atoms with Gasteiger partial charge >= 0.3 is 0 Å². The number of nitrogens with one attached hydrogen (secondary N) is 2. The summed E-state index contributed by atoms with van der Waals surface area (Å²) in [5.74, 6) is -1.15. The second kappa shape index (κ2) is 9.19. The van der Waals surface area contributed by atoms with Crippen LogP contribution in [0.1, 0.15) is 28.8 Å². The van der Waals surface area contributed by atoms with E-state index in [1.807, 2.05) is 18.2 Å². The van der Waals surface area contributed by atoms with Crippen molar-refractivity contribution in [3.8, 4) is 0 Å². The molecule has 1 aromatic heterocycles. The molecule has 132 valence electrons. The maximum absolute atomic E-state index is 11.9. The number of hydrogen-bond donors (Lipinski definition) is 3. The van der Waals surface area contributed by atoms with Crippen molar-refractivity contribution in [1.29, 1.82) is 0 Å². The predicted octanol–water partition coefficient (Wildman–Crippen LogP) is 2.58. The molecule has 2 aromatic rings. The number of carbonyl (C=O) groups excluding carboxylic acids is 3. The summed E-state index contributed by atoms with van der Waals surface area (Å²) in [6.07, 6.45) is 0.757. The van der Waals surface area contributed by atoms with Gasteiger partial charge in [0.15, 0.2) is 0 Å². The van der Waals surface area contributed by atoms with Crippen LogP contribution >= 0.6 is 22.9 Å². The van der Waals surface area contributed by atoms with Gasteiger partial charge in [-0.25, -0.2) is 0 Å². The Kier molecular flexibility index (Phi) is 6.97. The van der Waals surface area contributed by atoms with Gasteiger partial charge in [0, 0.05) is 24.4 Å². The molecule has 0 radical (unpaired) electrons. The minimum atomic E-state index is -0.602. The Morgan fingerprint density at radius 1 is 1.12 bits per heavy atom. The van der Waals surface area contributed by atoms with Crippen LogP contribution in [0.4, 0.5) is 5.00 Å². The molecule has 2 rings (SSSR count). The highest BCUT2D eigenvalue weighted by molar-refractivity contribution is 7.14. The molecule has 0 unspecified atom stereocenters. The molecule has 0 aliphatic carbocycles. The molecule has 0 fully saturated rings. The number of amides is 3. The van der Waals surface area contributed by atoms with E-state index in [1.165, 1.54) is 11.3 Å². The SMILES string of the molecule is NC(=O)c1ccsc1NC(=O)CCC(=O)NCCc1cccc(Cl)c1. The van der Waals surface area contributed by atoms with Crippen LogP contribution in [0.15, 0.2) is 35.7 Å². The maximum Gasteiger partial charge on any atom is 0.251 e. The molecule has 25 heavy (non-hydrogen) atoms. The first-order valence-corrected chi connectivity index (χ1v) is 8.90. The van der Waals surface area contributed by atoms with Crippen molar-refractivity contribution in [2.75, 3.05) is 11.9 Å². The zero-order valence-electron chi connectivity index (χ0n) is 13.4. The topological polar surface area (TPSA) is 101 Å². The number of halogens is 1. The summed E-state index contributed by atoms with van der Waals surface area (Å²) in [6.45, 7) is 0.470. The van der Waals surface area contributed by atoms with Crippen LogP contribution in [-0.2, 0) is 16.0 Å². The summed E-state index contributed by atoms with van der Waals surface area (Å²) in [4.78, 5) is 34.9. The van der Waals surface area contributed by atoms with E-state index in [9.17, 15) is 14.4 Å². The van der Waals surface area contributed by atoms with E-state index in [4.69, 9.17) is 17.3 Å². The van der Waals surface area contributed by atoms with Crippen LogP contribution in [0.5, 0.6) is 0 Å². The molecule has 0 atom stereocenters. The van der Waals surface area contributed by atoms with Crippen LogP contribution in [0.2, 0.25) is 5.02 Å². The van der Waals surface area contributed by atoms with Crippen molar-refractivity contribution in [1.82, 2.24) is 5.32 Å². The Labute approximate surface area is 154 Å². The first-order chi connectivity index (χ1) is 12.0. The minimum Gasteiger partial charge on any atom is -0.366 e. The largest absolute Gasteiger partial charge is 0.366 e. The van der Waals surface area contributed by atoms with Crippen molar-refractivity contribution in [2.45, 2.75) is 19.3 Å². The van der Waals surface area contributed by atoms with Crippen molar-refractivity contribution < 1.29 is 14.4 Å². The molecule has 8 heteroatoms. The average Bonchev–Trinajstić information content (AvgIpc) is 3.01. The summed E-state index contributed by atoms with van der Waals surface area (Å²) >= 11 is 7.11. The quantitative estimate of drug-likeness (QED) is 0.656. The lowest BCUT2D eigenvalue weighted by molar-refractivity contribution is -0.124. The summed E-state index contributed by atoms with van der Waals surface area (Å²) in [5, 5.41) is 8.08. The maximum atomic E-state index is 11.9. The predicted molar refractivity (Wildman–Crippen MR) is 98.9 cm³/mol. The fourth-order valence-electron chi connectivity index (χ4n) is 2.14. The molecule has 0 aliphatic heterocycles. The van der Waals surface area contributed by atoms with E-state index in [1.54, 1.807) is 17.5 Å². The second-order valence-corrected chi connectivity index (χ2v) is 6.66. The number of hydrogen-bond acceptors (Lipinski definition) is 4. The van der Waals surface area contributed by atoms with Gasteiger partial charge in [-0.2, -0.15) is 0 Å². The molecule has 1 heterocycles. The van der Waals surface area contributed by atoms with Crippen LogP contribution in [0, 0.1) is 0 Å². The summed E-state index contributed by atoms with van der Waals surface area (Å²) in [7, 11) is 0. The van der Waals surface area contributed by atoms with Crippen molar-refractivity contribution in [2.24, 2.45) is 5.73 Å². The zero-order chi connectivity index (χ0) is 18.2. The molecule has 1 aromatic carbocycles. The molecule has 0 saturated carbocycles. The van der Waals surface area contributed by atoms with E-state index in [2.05, 4.69) is 10.6 Å². The monoisotopic (exact) mass is 379 g/mol. The van der Waals surface area contributed by atoms with E-state index in [0.717, 1.165) is 5.56 Å². The van der Waals surface area contributed by atoms with Gasteiger partial charge in [-0.1, -0.05) is 23.7 Å². The molecular weight excluding hydrogens is 362 g/mol. The number of primary amides is 1. The Bertz CT molecular complexity index is 776. The molecule has 0 spiro atoms. The van der Waals surface area contributed by atoms with Gasteiger partial charge in [0.05, 0.1) is 5.56 Å². The highest BCUT2D eigenvalue weighted by Gasteiger charge is 2.13. The van der Waals surface area contributed by atoms with Gasteiger partial charge in [0.2, 0.25) is 11.8 Å². The third-order valence-corrected chi connectivity index (χ3v) is 4.45. The zero-order valence-corrected chi connectivity index (χ0v) is 15.0. The van der Waals surface area contributed by atoms with E-state index in [-0.39, 0.29) is 30.2 Å². The standard InChI is InChI=1S/C17H18ClN3O3S/c18-12-3-1-2-11(10-12)6-8-20-14(22)4-5-15(23)21-17-13(16(19)24)7-9-25-17/h1-3,7,9-10H,4-6,8H2,(H2,19,24)(H,20,22)(H,21,23). The van der Waals surface area contributed by atoms with Crippen LogP contribution in [-0.4, -0.2) is 24.3 Å². The van der Waals surface area contributed by atoms with Crippen LogP contribution in [0.3, 0.4) is 0 Å². The number of nitrogens with two attached hydrogens (primary N) is 1. The smallest absolute Gasteiger partial charge is 0.251 e. The molecule has 0 saturated heterocycles. The first kappa shape index (κ1) is 19.0. The van der Waals surface area contributed by atoms with E-state index in [0.29, 0.717) is 23.0 Å². The second-order valence-electron chi connectivity index (χ2n) is 5.31. The van der Waals surface area contributed by atoms with Gasteiger partial charge in [-0.3, -0.25) is 14.4 Å². The molecule has 0 bridgehead atoms. The van der Waals surface area contributed by atoms with Gasteiger partial charge in [0.1, 0.15) is 5.00 Å². The lowest BCUT2D eigenvalue weighted by Gasteiger charge is -2.07. The third-order valence-electron chi connectivity index (χ3n) is 3.39. The van der Waals surface area contributed by atoms with Gasteiger partial charge < -0.3 is 16.4 Å². The van der Waals surface area contributed by atoms with Gasteiger partial charge in [0.25, 0.3) is 5.91 Å². The number of thiophene rings is 1. The third kappa shape index (κ3) is 6.21. The highest BCUT2D eigenvalue weighted by atomic mass is 35.5. The molecular formula is C17H18ClN3O3S. The molecule has 3 amide bonds. The molecule has 6 nitrogen and oxygen atoms in total. The fourth-order valence-corrected chi connectivity index (χ4v) is 3.16. The highest BCUT2D eigenvalue weighted by Crippen LogP contribution is 2.22. The number of carbonyl (C=O) groups is 3. The normalized spacial score (nSPS) is 10.3. The van der Waals surface area contributed by atoms with Crippen LogP contribution < -0.4 is 16.4 Å². The summed E-state index contributed by atoms with van der Waals surface area (Å²) in [5.41, 5.74) is 6.51. The minimum absolute atomic E-state index is 0.0269. The number of anilines is 1. The number of benzene rings is 1. The summed E-state index contributed by atoms with van der Waals surface area (Å²) in [6, 6.07) is 8.97. The van der Waals surface area contributed by atoms with Gasteiger partial charge in [-0.05, 0) is 35.6 Å². The molecule has 0 aliphatic rings. The number of rotatable bonds is 8. The van der Waals surface area contributed by atoms with Crippen molar-refractivity contribution >= 4 is 45.7 Å². The Morgan fingerprint density at radius 2 is 1.88 bits per heavy atom. The van der Waals surface area contributed by atoms with Crippen molar-refractivity contribution in [3.63, 3.8) is 0 Å².